The first-order valence-corrected chi connectivity index (χ1v) is 18.5. The van der Waals surface area contributed by atoms with Crippen molar-refractivity contribution < 1.29 is 0 Å². The summed E-state index contributed by atoms with van der Waals surface area (Å²) in [5, 5.41) is 14.3. The largest absolute Gasteiger partial charge is 0.370 e. The highest BCUT2D eigenvalue weighted by Gasteiger charge is 2.54. The van der Waals surface area contributed by atoms with Gasteiger partial charge in [-0.1, -0.05) is 114 Å². The maximum Gasteiger partial charge on any atom is 0.224 e. The zero-order valence-electron chi connectivity index (χ0n) is 29.5. The van der Waals surface area contributed by atoms with Gasteiger partial charge in [0.1, 0.15) is 11.6 Å². The number of nitrogens with zero attached hydrogens (tertiary/aromatic N) is 4. The summed E-state index contributed by atoms with van der Waals surface area (Å²) in [5.74, 6) is 3.78. The second-order valence-electron chi connectivity index (χ2n) is 13.0. The van der Waals surface area contributed by atoms with E-state index in [-0.39, 0.29) is 23.7 Å². The van der Waals surface area contributed by atoms with Crippen LogP contribution in [0.25, 0.3) is 0 Å². The molecule has 1 aliphatic rings. The van der Waals surface area contributed by atoms with Gasteiger partial charge in [0.25, 0.3) is 0 Å². The Hall–Kier alpha value is -4.20. The lowest BCUT2D eigenvalue weighted by molar-refractivity contribution is 0.220. The predicted octanol–water partition coefficient (Wildman–Crippen LogP) is 9.56. The zero-order valence-corrected chi connectivity index (χ0v) is 29.5. The van der Waals surface area contributed by atoms with Gasteiger partial charge in [-0.15, -0.1) is 0 Å². The van der Waals surface area contributed by atoms with Crippen LogP contribution >= 0.6 is 0 Å². The van der Waals surface area contributed by atoms with Crippen molar-refractivity contribution >= 4 is 23.5 Å². The first kappa shape index (κ1) is 35.1. The van der Waals surface area contributed by atoms with Crippen LogP contribution in [0.5, 0.6) is 0 Å². The fraction of sp³-hybridized carbons (Fsp3) is 0.500. The standard InChI is InChI=1S/C40H56N8/c1-5-9-23-41-33-27-31(45-39(47-33)43-25-11-7-3)37-35(29-19-15-13-16-20-29)38(36(37)30-21-17-14-18-22-30)32-28-34(42-24-10-6-2)48-40(46-32)44-26-12-8-4/h13-22,27-28,35-38H,5-12,23-26H2,1-4H3,(H2,41,43,45,47)(H2,42,44,46,48)/t35-,36-,37-,38-. The molecule has 0 aliphatic heterocycles. The molecule has 48 heavy (non-hydrogen) atoms. The van der Waals surface area contributed by atoms with Gasteiger partial charge >= 0.3 is 0 Å². The van der Waals surface area contributed by atoms with Crippen molar-refractivity contribution in [2.45, 2.75) is 103 Å². The van der Waals surface area contributed by atoms with Gasteiger partial charge in [0, 0.05) is 62.0 Å². The minimum absolute atomic E-state index is 0.129. The molecule has 0 atom stereocenters. The van der Waals surface area contributed by atoms with E-state index in [0.29, 0.717) is 11.9 Å². The predicted molar refractivity (Wildman–Crippen MR) is 202 cm³/mol. The SMILES string of the molecule is CCCCNc1cc([C@H]2[C@H](c3ccccc3)[C@H](c3cc(NCCCC)nc(NCCCC)n3)[C@H]2c2ccccc2)nc(NCCCC)n1. The highest BCUT2D eigenvalue weighted by Crippen LogP contribution is 2.66. The summed E-state index contributed by atoms with van der Waals surface area (Å²) in [6.45, 7) is 12.4. The molecule has 0 saturated heterocycles. The second-order valence-corrected chi connectivity index (χ2v) is 13.0. The molecule has 2 heterocycles. The van der Waals surface area contributed by atoms with Crippen LogP contribution in [0.1, 0.15) is 125 Å². The minimum Gasteiger partial charge on any atom is -0.370 e. The summed E-state index contributed by atoms with van der Waals surface area (Å²) in [5.41, 5.74) is 4.75. The summed E-state index contributed by atoms with van der Waals surface area (Å²) in [4.78, 5) is 20.3. The molecule has 0 amide bonds. The van der Waals surface area contributed by atoms with Crippen molar-refractivity contribution in [3.05, 3.63) is 95.3 Å². The van der Waals surface area contributed by atoms with E-state index < -0.39 is 0 Å². The molecule has 0 unspecified atom stereocenters. The molecule has 4 N–H and O–H groups in total. The van der Waals surface area contributed by atoms with Crippen LogP contribution in [0.3, 0.4) is 0 Å². The van der Waals surface area contributed by atoms with Crippen LogP contribution in [0.4, 0.5) is 23.5 Å². The van der Waals surface area contributed by atoms with E-state index in [1.54, 1.807) is 0 Å². The third-order valence-corrected chi connectivity index (χ3v) is 9.39. The Morgan fingerprint density at radius 1 is 0.438 bits per heavy atom. The number of anilines is 4. The van der Waals surface area contributed by atoms with Gasteiger partial charge in [0.15, 0.2) is 0 Å². The lowest BCUT2D eigenvalue weighted by Gasteiger charge is -2.52. The van der Waals surface area contributed by atoms with Gasteiger partial charge in [0.05, 0.1) is 11.4 Å². The molecule has 1 saturated carbocycles. The van der Waals surface area contributed by atoms with E-state index in [0.717, 1.165) is 101 Å². The normalized spacial score (nSPS) is 18.6. The Morgan fingerprint density at radius 2 is 0.792 bits per heavy atom. The monoisotopic (exact) mass is 648 g/mol. The number of unbranched alkanes of at least 4 members (excludes halogenated alkanes) is 4. The molecule has 256 valence electrons. The molecule has 2 aromatic heterocycles. The first-order chi connectivity index (χ1) is 23.7. The van der Waals surface area contributed by atoms with E-state index in [4.69, 9.17) is 19.9 Å². The van der Waals surface area contributed by atoms with Gasteiger partial charge in [-0.05, 0) is 36.8 Å². The van der Waals surface area contributed by atoms with E-state index in [1.165, 1.54) is 11.1 Å². The molecule has 5 rings (SSSR count). The van der Waals surface area contributed by atoms with Gasteiger partial charge < -0.3 is 21.3 Å². The zero-order chi connectivity index (χ0) is 33.6. The van der Waals surface area contributed by atoms with Crippen LogP contribution in [-0.4, -0.2) is 46.1 Å². The average molecular weight is 649 g/mol. The number of hydrogen-bond donors (Lipinski definition) is 4. The van der Waals surface area contributed by atoms with Gasteiger partial charge in [-0.2, -0.15) is 9.97 Å². The van der Waals surface area contributed by atoms with E-state index >= 15 is 0 Å². The number of aromatic nitrogens is 4. The number of nitrogens with one attached hydrogen (secondary N) is 4. The lowest BCUT2D eigenvalue weighted by atomic mass is 9.50. The van der Waals surface area contributed by atoms with E-state index in [9.17, 15) is 0 Å². The highest BCUT2D eigenvalue weighted by atomic mass is 15.2. The minimum atomic E-state index is 0.129. The molecule has 8 nitrogen and oxygen atoms in total. The summed E-state index contributed by atoms with van der Waals surface area (Å²) in [6, 6.07) is 26.3. The first-order valence-electron chi connectivity index (χ1n) is 18.5. The third-order valence-electron chi connectivity index (χ3n) is 9.39. The Balaban J connectivity index is 1.63. The molecule has 0 spiro atoms. The summed E-state index contributed by atoms with van der Waals surface area (Å²) in [6.07, 6.45) is 8.85. The molecular weight excluding hydrogens is 592 g/mol. The molecule has 1 aliphatic carbocycles. The molecule has 0 bridgehead atoms. The van der Waals surface area contributed by atoms with Crippen molar-refractivity contribution in [3.8, 4) is 0 Å². The number of hydrogen-bond acceptors (Lipinski definition) is 8. The van der Waals surface area contributed by atoms with Crippen molar-refractivity contribution in [1.29, 1.82) is 0 Å². The molecule has 0 radical (unpaired) electrons. The third kappa shape index (κ3) is 9.03. The van der Waals surface area contributed by atoms with Crippen molar-refractivity contribution in [2.75, 3.05) is 47.4 Å². The Labute approximate surface area is 288 Å². The van der Waals surface area contributed by atoms with Crippen LogP contribution < -0.4 is 21.3 Å². The van der Waals surface area contributed by atoms with Crippen LogP contribution in [0.15, 0.2) is 72.8 Å². The lowest BCUT2D eigenvalue weighted by Crippen LogP contribution is -2.41. The number of rotatable bonds is 20. The maximum absolute atomic E-state index is 5.25. The van der Waals surface area contributed by atoms with Gasteiger partial charge in [-0.25, -0.2) is 9.97 Å². The average Bonchev–Trinajstić information content (AvgIpc) is 3.09. The van der Waals surface area contributed by atoms with E-state index in [2.05, 4.69) is 122 Å². The maximum atomic E-state index is 5.25. The van der Waals surface area contributed by atoms with Crippen molar-refractivity contribution in [2.24, 2.45) is 0 Å². The number of benzene rings is 2. The van der Waals surface area contributed by atoms with Crippen molar-refractivity contribution in [1.82, 2.24) is 19.9 Å². The Morgan fingerprint density at radius 3 is 1.15 bits per heavy atom. The highest BCUT2D eigenvalue weighted by molar-refractivity contribution is 5.52. The topological polar surface area (TPSA) is 99.7 Å². The summed E-state index contributed by atoms with van der Waals surface area (Å²) in [7, 11) is 0. The van der Waals surface area contributed by atoms with Crippen LogP contribution in [-0.2, 0) is 0 Å². The Kier molecular flexibility index (Phi) is 13.4. The molecular formula is C40H56N8. The van der Waals surface area contributed by atoms with E-state index in [1.807, 2.05) is 0 Å². The van der Waals surface area contributed by atoms with Crippen LogP contribution in [0.2, 0.25) is 0 Å². The smallest absolute Gasteiger partial charge is 0.224 e. The van der Waals surface area contributed by atoms with Gasteiger partial charge in [0.2, 0.25) is 11.9 Å². The molecule has 2 aromatic carbocycles. The fourth-order valence-corrected chi connectivity index (χ4v) is 6.82. The van der Waals surface area contributed by atoms with Crippen LogP contribution in [0, 0.1) is 0 Å². The van der Waals surface area contributed by atoms with Gasteiger partial charge in [-0.3, -0.25) is 0 Å². The van der Waals surface area contributed by atoms with Crippen molar-refractivity contribution in [3.63, 3.8) is 0 Å². The molecule has 1 fully saturated rings. The summed E-state index contributed by atoms with van der Waals surface area (Å²) >= 11 is 0. The molecule has 4 aromatic rings. The quantitative estimate of drug-likeness (QED) is 0.0703. The fourth-order valence-electron chi connectivity index (χ4n) is 6.82. The molecule has 8 heteroatoms. The Bertz CT molecular complexity index is 1330. The summed E-state index contributed by atoms with van der Waals surface area (Å²) < 4.78 is 0. The second kappa shape index (κ2) is 18.4.